The number of carbonyl (C=O) groups excluding carboxylic acids is 1. The number of piperidine rings is 1. The lowest BCUT2D eigenvalue weighted by molar-refractivity contribution is -0.141. The van der Waals surface area contributed by atoms with E-state index in [1.165, 1.54) is 11.0 Å². The number of ether oxygens (including phenoxy) is 2. The van der Waals surface area contributed by atoms with Crippen molar-refractivity contribution < 1.29 is 27.4 Å². The first-order valence-electron chi connectivity index (χ1n) is 7.81. The molecule has 1 aromatic rings. The average Bonchev–Trinajstić information content (AvgIpc) is 2.81. The van der Waals surface area contributed by atoms with Crippen LogP contribution < -0.4 is 4.74 Å². The Labute approximate surface area is 137 Å². The van der Waals surface area contributed by atoms with Gasteiger partial charge in [0.25, 0.3) is 0 Å². The summed E-state index contributed by atoms with van der Waals surface area (Å²) >= 11 is 0. The lowest BCUT2D eigenvalue weighted by Gasteiger charge is -2.37. The summed E-state index contributed by atoms with van der Waals surface area (Å²) in [5.74, 6) is -0.0460. The highest BCUT2D eigenvalue weighted by Crippen LogP contribution is 2.45. The predicted octanol–water partition coefficient (Wildman–Crippen LogP) is 3.93. The summed E-state index contributed by atoms with van der Waals surface area (Å²) in [5.41, 5.74) is -1.15. The van der Waals surface area contributed by atoms with Gasteiger partial charge in [-0.1, -0.05) is 0 Å². The highest BCUT2D eigenvalue weighted by atomic mass is 19.4. The van der Waals surface area contributed by atoms with Crippen molar-refractivity contribution in [1.29, 1.82) is 0 Å². The average molecular weight is 344 g/mol. The van der Waals surface area contributed by atoms with E-state index in [0.29, 0.717) is 24.9 Å². The Morgan fingerprint density at radius 3 is 2.67 bits per heavy atom. The molecule has 0 spiro atoms. The van der Waals surface area contributed by atoms with Gasteiger partial charge >= 0.3 is 12.3 Å². The summed E-state index contributed by atoms with van der Waals surface area (Å²) in [6.07, 6.45) is -4.06. The zero-order valence-electron chi connectivity index (χ0n) is 13.7. The smallest absolute Gasteiger partial charge is 0.433 e. The molecule has 0 bridgehead atoms. The highest BCUT2D eigenvalue weighted by Gasteiger charge is 2.46. The number of hydrogen-bond acceptors (Lipinski definition) is 4. The molecule has 1 aromatic heterocycles. The molecular weight excluding hydrogens is 325 g/mol. The van der Waals surface area contributed by atoms with Gasteiger partial charge < -0.3 is 9.47 Å². The first-order valence-corrected chi connectivity index (χ1v) is 7.81. The van der Waals surface area contributed by atoms with Gasteiger partial charge in [-0.25, -0.2) is 9.78 Å². The van der Waals surface area contributed by atoms with Gasteiger partial charge in [0.2, 0.25) is 5.88 Å². The molecule has 1 fully saturated rings. The van der Waals surface area contributed by atoms with Crippen molar-refractivity contribution in [2.45, 2.75) is 57.5 Å². The number of fused-ring (bicyclic) bond motifs is 3. The summed E-state index contributed by atoms with van der Waals surface area (Å²) < 4.78 is 49.5. The van der Waals surface area contributed by atoms with Gasteiger partial charge in [-0.3, -0.25) is 4.90 Å². The number of hydrogen-bond donors (Lipinski definition) is 0. The van der Waals surface area contributed by atoms with Gasteiger partial charge in [-0.15, -0.1) is 0 Å². The fourth-order valence-electron chi connectivity index (χ4n) is 3.05. The Morgan fingerprint density at radius 1 is 1.33 bits per heavy atom. The Hall–Kier alpha value is -1.99. The van der Waals surface area contributed by atoms with Crippen molar-refractivity contribution in [2.24, 2.45) is 0 Å². The summed E-state index contributed by atoms with van der Waals surface area (Å²) in [4.78, 5) is 17.6. The zero-order chi connectivity index (χ0) is 17.7. The van der Waals surface area contributed by atoms with Crippen molar-refractivity contribution in [2.75, 3.05) is 6.54 Å². The molecule has 24 heavy (non-hydrogen) atoms. The van der Waals surface area contributed by atoms with E-state index in [4.69, 9.17) is 9.47 Å². The zero-order valence-corrected chi connectivity index (χ0v) is 13.7. The maximum Gasteiger partial charge on any atom is 0.433 e. The number of nitrogens with zero attached hydrogens (tertiary/aromatic N) is 2. The third kappa shape index (κ3) is 3.14. The number of halogens is 3. The Balaban J connectivity index is 1.90. The Kier molecular flexibility index (Phi) is 3.88. The fraction of sp³-hybridized carbons (Fsp3) is 0.625. The third-order valence-electron chi connectivity index (χ3n) is 3.97. The van der Waals surface area contributed by atoms with Crippen molar-refractivity contribution >= 4 is 6.09 Å². The van der Waals surface area contributed by atoms with Crippen LogP contribution in [0.3, 0.4) is 0 Å². The molecule has 0 unspecified atom stereocenters. The van der Waals surface area contributed by atoms with E-state index >= 15 is 0 Å². The molecule has 3 rings (SSSR count). The van der Waals surface area contributed by atoms with E-state index < -0.39 is 35.7 Å². The molecule has 3 heterocycles. The van der Waals surface area contributed by atoms with Crippen LogP contribution in [0.5, 0.6) is 5.88 Å². The number of rotatable bonds is 0. The van der Waals surface area contributed by atoms with Crippen LogP contribution in [0.15, 0.2) is 12.1 Å². The van der Waals surface area contributed by atoms with Crippen LogP contribution in [0.2, 0.25) is 0 Å². The topological polar surface area (TPSA) is 51.7 Å². The number of amides is 1. The quantitative estimate of drug-likeness (QED) is 0.715. The Morgan fingerprint density at radius 2 is 2.04 bits per heavy atom. The second-order valence-electron chi connectivity index (χ2n) is 7.01. The lowest BCUT2D eigenvalue weighted by Crippen LogP contribution is -2.46. The van der Waals surface area contributed by atoms with E-state index in [-0.39, 0.29) is 5.88 Å². The van der Waals surface area contributed by atoms with Crippen LogP contribution >= 0.6 is 0 Å². The second kappa shape index (κ2) is 5.53. The van der Waals surface area contributed by atoms with Crippen LogP contribution in [0, 0.1) is 0 Å². The first kappa shape index (κ1) is 16.9. The molecule has 0 saturated carbocycles. The number of carbonyl (C=O) groups is 1. The molecule has 1 amide bonds. The minimum atomic E-state index is -4.53. The minimum Gasteiger partial charge on any atom is -0.472 e. The molecule has 0 N–H and O–H groups in total. The van der Waals surface area contributed by atoms with E-state index in [0.717, 1.165) is 6.07 Å². The van der Waals surface area contributed by atoms with Crippen molar-refractivity contribution in [3.05, 3.63) is 23.4 Å². The van der Waals surface area contributed by atoms with Gasteiger partial charge in [0, 0.05) is 12.1 Å². The fourth-order valence-corrected chi connectivity index (χ4v) is 3.05. The van der Waals surface area contributed by atoms with Gasteiger partial charge in [-0.05, 0) is 45.7 Å². The third-order valence-corrected chi connectivity index (χ3v) is 3.97. The van der Waals surface area contributed by atoms with Crippen molar-refractivity contribution in [3.63, 3.8) is 0 Å². The Bertz CT molecular complexity index is 655. The van der Waals surface area contributed by atoms with Crippen LogP contribution in [-0.2, 0) is 10.9 Å². The molecule has 8 heteroatoms. The van der Waals surface area contributed by atoms with Crippen LogP contribution in [0.4, 0.5) is 18.0 Å². The van der Waals surface area contributed by atoms with E-state index in [1.807, 2.05) is 0 Å². The summed E-state index contributed by atoms with van der Waals surface area (Å²) in [6, 6.07) is 1.81. The largest absolute Gasteiger partial charge is 0.472 e. The van der Waals surface area contributed by atoms with E-state index in [1.54, 1.807) is 20.8 Å². The summed E-state index contributed by atoms with van der Waals surface area (Å²) in [6.45, 7) is 5.77. The lowest BCUT2D eigenvalue weighted by atomic mass is 9.95. The molecule has 2 atom stereocenters. The highest BCUT2D eigenvalue weighted by molar-refractivity contribution is 5.69. The van der Waals surface area contributed by atoms with E-state index in [9.17, 15) is 18.0 Å². The molecule has 2 aliphatic rings. The van der Waals surface area contributed by atoms with Gasteiger partial charge in [0.1, 0.15) is 23.4 Å². The maximum atomic E-state index is 12.8. The molecule has 0 aliphatic carbocycles. The monoisotopic (exact) mass is 344 g/mol. The molecule has 0 radical (unpaired) electrons. The molecule has 0 aromatic carbocycles. The first-order chi connectivity index (χ1) is 11.1. The molecule has 2 aliphatic heterocycles. The number of likely N-dealkylation sites (tertiary alicyclic amines) is 1. The van der Waals surface area contributed by atoms with Crippen LogP contribution in [0.25, 0.3) is 0 Å². The number of aromatic nitrogens is 1. The minimum absolute atomic E-state index is 0.0460. The standard InChI is InChI=1S/C16H19F3N2O3/c1-15(2,3)24-14(22)21-8-4-5-10-12(21)9-6-7-11(16(17,18)19)20-13(9)23-10/h6-7,10,12H,4-5,8H2,1-3H3/t10-,12-/m0/s1. The van der Waals surface area contributed by atoms with Gasteiger partial charge in [0.15, 0.2) is 0 Å². The van der Waals surface area contributed by atoms with Crippen LogP contribution in [-0.4, -0.2) is 34.2 Å². The number of pyridine rings is 1. The van der Waals surface area contributed by atoms with Crippen molar-refractivity contribution in [1.82, 2.24) is 9.88 Å². The second-order valence-corrected chi connectivity index (χ2v) is 7.01. The van der Waals surface area contributed by atoms with E-state index in [2.05, 4.69) is 4.98 Å². The maximum absolute atomic E-state index is 12.8. The molecule has 132 valence electrons. The SMILES string of the molecule is CC(C)(C)OC(=O)N1CCC[C@@H]2Oc3nc(C(F)(F)F)ccc3[C@@H]21. The van der Waals surface area contributed by atoms with Crippen LogP contribution in [0.1, 0.15) is 50.9 Å². The molecule has 5 nitrogen and oxygen atoms in total. The van der Waals surface area contributed by atoms with Crippen molar-refractivity contribution in [3.8, 4) is 5.88 Å². The predicted molar refractivity (Wildman–Crippen MR) is 78.6 cm³/mol. The molecule has 1 saturated heterocycles. The normalized spacial score (nSPS) is 23.3. The van der Waals surface area contributed by atoms with Gasteiger partial charge in [-0.2, -0.15) is 13.2 Å². The summed E-state index contributed by atoms with van der Waals surface area (Å²) in [5, 5.41) is 0. The number of alkyl halides is 3. The molecular formula is C16H19F3N2O3. The summed E-state index contributed by atoms with van der Waals surface area (Å²) in [7, 11) is 0. The van der Waals surface area contributed by atoms with Gasteiger partial charge in [0.05, 0.1) is 0 Å².